The Bertz CT molecular complexity index is 756. The summed E-state index contributed by atoms with van der Waals surface area (Å²) < 4.78 is 26.1. The fourth-order valence-electron chi connectivity index (χ4n) is 3.00. The van der Waals surface area contributed by atoms with Crippen LogP contribution < -0.4 is 10.2 Å². The average molecular weight is 359 g/mol. The SMILES string of the molecule is CN1CCN(c2ccc(CCNC(=O)c3ccc(F)c(F)c3)cc2)CC1. The molecule has 6 heteroatoms. The smallest absolute Gasteiger partial charge is 0.251 e. The van der Waals surface area contributed by atoms with Crippen LogP contribution in [0.3, 0.4) is 0 Å². The molecule has 1 saturated heterocycles. The van der Waals surface area contributed by atoms with Gasteiger partial charge in [0.05, 0.1) is 0 Å². The van der Waals surface area contributed by atoms with Crippen molar-refractivity contribution in [1.82, 2.24) is 10.2 Å². The predicted molar refractivity (Wildman–Crippen MR) is 98.5 cm³/mol. The predicted octanol–water partition coefficient (Wildman–Crippen LogP) is 2.69. The van der Waals surface area contributed by atoms with Gasteiger partial charge >= 0.3 is 0 Å². The van der Waals surface area contributed by atoms with E-state index in [0.29, 0.717) is 13.0 Å². The number of piperazine rings is 1. The number of nitrogens with one attached hydrogen (secondary N) is 1. The summed E-state index contributed by atoms with van der Waals surface area (Å²) >= 11 is 0. The highest BCUT2D eigenvalue weighted by atomic mass is 19.2. The lowest BCUT2D eigenvalue weighted by Gasteiger charge is -2.34. The molecule has 0 saturated carbocycles. The zero-order valence-electron chi connectivity index (χ0n) is 14.8. The van der Waals surface area contributed by atoms with Crippen LogP contribution in [-0.4, -0.2) is 50.6 Å². The number of halogens is 2. The van der Waals surface area contributed by atoms with Gasteiger partial charge in [-0.25, -0.2) is 8.78 Å². The quantitative estimate of drug-likeness (QED) is 0.892. The number of carbonyl (C=O) groups is 1. The number of likely N-dealkylation sites (N-methyl/N-ethyl adjacent to an activating group) is 1. The number of nitrogens with zero attached hydrogens (tertiary/aromatic N) is 2. The van der Waals surface area contributed by atoms with Crippen molar-refractivity contribution < 1.29 is 13.6 Å². The molecule has 26 heavy (non-hydrogen) atoms. The summed E-state index contributed by atoms with van der Waals surface area (Å²) in [5.41, 5.74) is 2.45. The highest BCUT2D eigenvalue weighted by Gasteiger charge is 2.14. The Morgan fingerprint density at radius 3 is 2.35 bits per heavy atom. The zero-order chi connectivity index (χ0) is 18.5. The van der Waals surface area contributed by atoms with Crippen molar-refractivity contribution in [2.75, 3.05) is 44.7 Å². The summed E-state index contributed by atoms with van der Waals surface area (Å²) in [7, 11) is 2.13. The minimum atomic E-state index is -1.02. The molecule has 1 heterocycles. The molecule has 0 unspecified atom stereocenters. The fraction of sp³-hybridized carbons (Fsp3) is 0.350. The molecule has 0 spiro atoms. The summed E-state index contributed by atoms with van der Waals surface area (Å²) in [6.07, 6.45) is 0.679. The van der Waals surface area contributed by atoms with E-state index in [1.54, 1.807) is 0 Å². The van der Waals surface area contributed by atoms with Crippen molar-refractivity contribution in [3.63, 3.8) is 0 Å². The van der Waals surface area contributed by atoms with Crippen molar-refractivity contribution in [3.8, 4) is 0 Å². The van der Waals surface area contributed by atoms with Crippen LogP contribution in [0.2, 0.25) is 0 Å². The molecule has 2 aromatic rings. The van der Waals surface area contributed by atoms with E-state index in [2.05, 4.69) is 46.4 Å². The van der Waals surface area contributed by atoms with Crippen molar-refractivity contribution in [2.24, 2.45) is 0 Å². The molecular weight excluding hydrogens is 336 g/mol. The first-order chi connectivity index (χ1) is 12.5. The maximum Gasteiger partial charge on any atom is 0.251 e. The van der Waals surface area contributed by atoms with Gasteiger partial charge < -0.3 is 15.1 Å². The standard InChI is InChI=1S/C20H23F2N3O/c1-24-10-12-25(13-11-24)17-5-2-15(3-6-17)8-9-23-20(26)16-4-7-18(21)19(22)14-16/h2-7,14H,8-13H2,1H3,(H,23,26). The zero-order valence-corrected chi connectivity index (χ0v) is 14.8. The topological polar surface area (TPSA) is 35.6 Å². The second-order valence-electron chi connectivity index (χ2n) is 6.59. The van der Waals surface area contributed by atoms with E-state index in [-0.39, 0.29) is 5.56 Å². The van der Waals surface area contributed by atoms with Gasteiger partial charge in [-0.15, -0.1) is 0 Å². The summed E-state index contributed by atoms with van der Waals surface area (Å²) in [5.74, 6) is -2.38. The first kappa shape index (κ1) is 18.3. The minimum Gasteiger partial charge on any atom is -0.369 e. The van der Waals surface area contributed by atoms with Gasteiger partial charge in [0.1, 0.15) is 0 Å². The number of amides is 1. The molecular formula is C20H23F2N3O. The average Bonchev–Trinajstić information content (AvgIpc) is 2.65. The molecule has 138 valence electrons. The van der Waals surface area contributed by atoms with E-state index in [9.17, 15) is 13.6 Å². The van der Waals surface area contributed by atoms with Crippen molar-refractivity contribution in [2.45, 2.75) is 6.42 Å². The van der Waals surface area contributed by atoms with Gasteiger partial charge in [-0.05, 0) is 49.4 Å². The maximum atomic E-state index is 13.2. The van der Waals surface area contributed by atoms with E-state index < -0.39 is 17.5 Å². The van der Waals surface area contributed by atoms with E-state index in [1.165, 1.54) is 11.8 Å². The van der Waals surface area contributed by atoms with E-state index in [0.717, 1.165) is 43.9 Å². The largest absolute Gasteiger partial charge is 0.369 e. The highest BCUT2D eigenvalue weighted by Crippen LogP contribution is 2.17. The van der Waals surface area contributed by atoms with Crippen molar-refractivity contribution in [1.29, 1.82) is 0 Å². The lowest BCUT2D eigenvalue weighted by molar-refractivity contribution is 0.0953. The lowest BCUT2D eigenvalue weighted by Crippen LogP contribution is -2.44. The van der Waals surface area contributed by atoms with Crippen molar-refractivity contribution in [3.05, 3.63) is 65.2 Å². The molecule has 0 aromatic heterocycles. The molecule has 0 radical (unpaired) electrons. The van der Waals surface area contributed by atoms with Crippen LogP contribution in [-0.2, 0) is 6.42 Å². The van der Waals surface area contributed by atoms with Crippen LogP contribution in [0.1, 0.15) is 15.9 Å². The maximum absolute atomic E-state index is 13.2. The van der Waals surface area contributed by atoms with Crippen LogP contribution in [0.25, 0.3) is 0 Å². The first-order valence-corrected chi connectivity index (χ1v) is 8.78. The van der Waals surface area contributed by atoms with Gasteiger partial charge in [-0.1, -0.05) is 12.1 Å². The summed E-state index contributed by atoms with van der Waals surface area (Å²) in [6.45, 7) is 4.63. The normalized spacial score (nSPS) is 15.1. The van der Waals surface area contributed by atoms with Gasteiger partial charge in [0, 0.05) is 44.0 Å². The first-order valence-electron chi connectivity index (χ1n) is 8.78. The Morgan fingerprint density at radius 1 is 1.00 bits per heavy atom. The number of anilines is 1. The Balaban J connectivity index is 1.49. The molecule has 3 rings (SSSR count). The lowest BCUT2D eigenvalue weighted by atomic mass is 10.1. The van der Waals surface area contributed by atoms with Gasteiger partial charge in [-0.3, -0.25) is 4.79 Å². The summed E-state index contributed by atoms with van der Waals surface area (Å²) in [4.78, 5) is 16.7. The monoisotopic (exact) mass is 359 g/mol. The van der Waals surface area contributed by atoms with E-state index in [1.807, 2.05) is 0 Å². The van der Waals surface area contributed by atoms with Crippen LogP contribution >= 0.6 is 0 Å². The number of benzene rings is 2. The molecule has 1 fully saturated rings. The van der Waals surface area contributed by atoms with Crippen LogP contribution in [0.4, 0.5) is 14.5 Å². The summed E-state index contributed by atoms with van der Waals surface area (Å²) in [5, 5.41) is 2.73. The number of rotatable bonds is 5. The molecule has 1 N–H and O–H groups in total. The van der Waals surface area contributed by atoms with E-state index in [4.69, 9.17) is 0 Å². The number of hydrogen-bond donors (Lipinski definition) is 1. The Kier molecular flexibility index (Phi) is 5.83. The molecule has 1 aliphatic rings. The van der Waals surface area contributed by atoms with Gasteiger partial charge in [-0.2, -0.15) is 0 Å². The third-order valence-corrected chi connectivity index (χ3v) is 4.69. The van der Waals surface area contributed by atoms with Gasteiger partial charge in [0.2, 0.25) is 0 Å². The minimum absolute atomic E-state index is 0.120. The van der Waals surface area contributed by atoms with Crippen LogP contribution in [0.15, 0.2) is 42.5 Å². The van der Waals surface area contributed by atoms with Gasteiger partial charge in [0.15, 0.2) is 11.6 Å². The molecule has 0 atom stereocenters. The molecule has 0 bridgehead atoms. The molecule has 0 aliphatic carbocycles. The van der Waals surface area contributed by atoms with Crippen LogP contribution in [0, 0.1) is 11.6 Å². The Morgan fingerprint density at radius 2 is 1.69 bits per heavy atom. The van der Waals surface area contributed by atoms with Gasteiger partial charge in [0.25, 0.3) is 5.91 Å². The Hall–Kier alpha value is -2.47. The number of hydrogen-bond acceptors (Lipinski definition) is 3. The third kappa shape index (κ3) is 4.58. The van der Waals surface area contributed by atoms with Crippen LogP contribution in [0.5, 0.6) is 0 Å². The van der Waals surface area contributed by atoms with E-state index >= 15 is 0 Å². The molecule has 4 nitrogen and oxygen atoms in total. The molecule has 2 aromatic carbocycles. The van der Waals surface area contributed by atoms with Crippen molar-refractivity contribution >= 4 is 11.6 Å². The Labute approximate surface area is 152 Å². The number of carbonyl (C=O) groups excluding carboxylic acids is 1. The molecule has 1 amide bonds. The second-order valence-corrected chi connectivity index (χ2v) is 6.59. The second kappa shape index (κ2) is 8.27. The highest BCUT2D eigenvalue weighted by molar-refractivity contribution is 5.94. The molecule has 1 aliphatic heterocycles. The fourth-order valence-corrected chi connectivity index (χ4v) is 3.00. The third-order valence-electron chi connectivity index (χ3n) is 4.69. The summed E-state index contributed by atoms with van der Waals surface area (Å²) in [6, 6.07) is 11.5.